The van der Waals surface area contributed by atoms with Crippen molar-refractivity contribution in [2.24, 2.45) is 0 Å². The number of hydrogen-bond donors (Lipinski definition) is 0. The van der Waals surface area contributed by atoms with Gasteiger partial charge in [-0.25, -0.2) is 0 Å². The molecule has 25 heavy (non-hydrogen) atoms. The molecular formula is C13H15ClN4O6S. The number of halogens is 1. The third-order valence-electron chi connectivity index (χ3n) is 3.79. The van der Waals surface area contributed by atoms with Gasteiger partial charge in [-0.05, 0) is 26.0 Å². The van der Waals surface area contributed by atoms with Gasteiger partial charge in [0.15, 0.2) is 29.7 Å². The van der Waals surface area contributed by atoms with Gasteiger partial charge in [0, 0.05) is 0 Å². The first-order valence-electron chi connectivity index (χ1n) is 7.40. The van der Waals surface area contributed by atoms with Crippen LogP contribution in [0.15, 0.2) is 12.1 Å². The Kier molecular flexibility index (Phi) is 3.80. The van der Waals surface area contributed by atoms with Crippen molar-refractivity contribution >= 4 is 27.4 Å². The average molecular weight is 391 g/mol. The molecule has 2 fully saturated rings. The van der Waals surface area contributed by atoms with Gasteiger partial charge in [-0.3, -0.25) is 4.18 Å². The molecule has 0 unspecified atom stereocenters. The van der Waals surface area contributed by atoms with E-state index in [1.807, 2.05) is 0 Å². The summed E-state index contributed by atoms with van der Waals surface area (Å²) in [7, 11) is -3.79. The second-order valence-electron chi connectivity index (χ2n) is 6.27. The zero-order valence-electron chi connectivity index (χ0n) is 13.5. The minimum Gasteiger partial charge on any atom is -0.339 e. The van der Waals surface area contributed by atoms with Crippen molar-refractivity contribution in [1.82, 2.24) is 19.8 Å². The van der Waals surface area contributed by atoms with Crippen LogP contribution in [0.2, 0.25) is 5.15 Å². The molecule has 136 valence electrons. The summed E-state index contributed by atoms with van der Waals surface area (Å²) in [6, 6.07) is 3.20. The number of nitrogens with zero attached hydrogens (tertiary/aromatic N) is 4. The van der Waals surface area contributed by atoms with Crippen LogP contribution in [0.1, 0.15) is 25.8 Å². The van der Waals surface area contributed by atoms with E-state index in [1.165, 1.54) is 4.52 Å². The smallest absolute Gasteiger partial charge is 0.264 e. The maximum atomic E-state index is 11.7. The number of rotatable bonds is 3. The van der Waals surface area contributed by atoms with Crippen LogP contribution in [0.5, 0.6) is 0 Å². The van der Waals surface area contributed by atoms with Gasteiger partial charge in [0.25, 0.3) is 10.1 Å². The molecule has 0 spiro atoms. The first-order valence-corrected chi connectivity index (χ1v) is 9.60. The Hall–Kier alpha value is -1.37. The van der Waals surface area contributed by atoms with Gasteiger partial charge in [-0.1, -0.05) is 11.6 Å². The molecule has 2 saturated heterocycles. The van der Waals surface area contributed by atoms with Crippen LogP contribution in [0.3, 0.4) is 0 Å². The summed E-state index contributed by atoms with van der Waals surface area (Å²) in [6.07, 6.45) is -2.52. The van der Waals surface area contributed by atoms with E-state index in [2.05, 4.69) is 15.3 Å². The molecule has 2 aromatic heterocycles. The molecule has 4 rings (SSSR count). The van der Waals surface area contributed by atoms with Crippen molar-refractivity contribution in [3.05, 3.63) is 23.1 Å². The highest BCUT2D eigenvalue weighted by molar-refractivity contribution is 7.86. The summed E-state index contributed by atoms with van der Waals surface area (Å²) in [5.74, 6) is -0.681. The third kappa shape index (κ3) is 3.11. The van der Waals surface area contributed by atoms with Crippen LogP contribution < -0.4 is 0 Å². The highest BCUT2D eigenvalue weighted by Gasteiger charge is 2.58. The highest BCUT2D eigenvalue weighted by Crippen LogP contribution is 2.44. The van der Waals surface area contributed by atoms with E-state index in [-0.39, 0.29) is 11.0 Å². The standard InChI is InChI=1S/C13H15ClN4O6S/c1-13(2)22-10-8(24-25(3,19)20)9(21-12(10)23-13)11-16-15-7-5-4-6(14)17-18(7)11/h4-5,8-10,12H,1-3H3/t8-,9-,10+,12+/m0/s1. The summed E-state index contributed by atoms with van der Waals surface area (Å²) >= 11 is 5.93. The summed E-state index contributed by atoms with van der Waals surface area (Å²) in [5, 5.41) is 12.4. The number of hydrogen-bond acceptors (Lipinski definition) is 9. The lowest BCUT2D eigenvalue weighted by Crippen LogP contribution is -2.35. The molecule has 0 aliphatic carbocycles. The van der Waals surface area contributed by atoms with Crippen LogP contribution in [0, 0.1) is 0 Å². The van der Waals surface area contributed by atoms with E-state index >= 15 is 0 Å². The van der Waals surface area contributed by atoms with Gasteiger partial charge in [0.2, 0.25) is 0 Å². The zero-order valence-corrected chi connectivity index (χ0v) is 15.1. The van der Waals surface area contributed by atoms with Crippen molar-refractivity contribution in [3.63, 3.8) is 0 Å². The van der Waals surface area contributed by atoms with E-state index in [1.54, 1.807) is 26.0 Å². The maximum absolute atomic E-state index is 11.7. The SMILES string of the molecule is CC1(C)O[C@H]2O[C@H](c3nnc4ccc(Cl)nn34)[C@H](OS(C)(=O)=O)[C@H]2O1. The molecule has 4 atom stereocenters. The van der Waals surface area contributed by atoms with Gasteiger partial charge in [0.05, 0.1) is 6.26 Å². The van der Waals surface area contributed by atoms with Crippen LogP contribution >= 0.6 is 11.6 Å². The van der Waals surface area contributed by atoms with Gasteiger partial charge in [-0.15, -0.1) is 10.2 Å². The molecule has 0 bridgehead atoms. The molecule has 0 saturated carbocycles. The fourth-order valence-electron chi connectivity index (χ4n) is 2.95. The van der Waals surface area contributed by atoms with E-state index in [9.17, 15) is 8.42 Å². The monoisotopic (exact) mass is 390 g/mol. The Morgan fingerprint density at radius 3 is 2.76 bits per heavy atom. The molecule has 4 heterocycles. The Morgan fingerprint density at radius 2 is 2.04 bits per heavy atom. The predicted octanol–water partition coefficient (Wildman–Crippen LogP) is 0.671. The lowest BCUT2D eigenvalue weighted by molar-refractivity contribution is -0.215. The average Bonchev–Trinajstić information content (AvgIpc) is 3.09. The van der Waals surface area contributed by atoms with Crippen molar-refractivity contribution in [3.8, 4) is 0 Å². The number of fused-ring (bicyclic) bond motifs is 2. The van der Waals surface area contributed by atoms with E-state index in [4.69, 9.17) is 30.0 Å². The van der Waals surface area contributed by atoms with Crippen LogP contribution in [-0.2, 0) is 28.5 Å². The van der Waals surface area contributed by atoms with Crippen molar-refractivity contribution < 1.29 is 26.8 Å². The van der Waals surface area contributed by atoms with Gasteiger partial charge in [-0.2, -0.15) is 18.0 Å². The van der Waals surface area contributed by atoms with Crippen molar-refractivity contribution in [2.45, 2.75) is 44.2 Å². The highest BCUT2D eigenvalue weighted by atomic mass is 35.5. The van der Waals surface area contributed by atoms with Crippen LogP contribution in [0.25, 0.3) is 5.65 Å². The predicted molar refractivity (Wildman–Crippen MR) is 83.2 cm³/mol. The van der Waals surface area contributed by atoms with Gasteiger partial charge >= 0.3 is 0 Å². The Labute approximate surface area is 148 Å². The van der Waals surface area contributed by atoms with E-state index in [0.29, 0.717) is 5.65 Å². The second-order valence-corrected chi connectivity index (χ2v) is 8.26. The quantitative estimate of drug-likeness (QED) is 0.697. The molecular weight excluding hydrogens is 376 g/mol. The van der Waals surface area contributed by atoms with Crippen molar-refractivity contribution in [2.75, 3.05) is 6.26 Å². The fraction of sp³-hybridized carbons (Fsp3) is 0.615. The summed E-state index contributed by atoms with van der Waals surface area (Å²) < 4.78 is 47.3. The molecule has 0 N–H and O–H groups in total. The molecule has 12 heteroatoms. The van der Waals surface area contributed by atoms with Gasteiger partial charge in [0.1, 0.15) is 17.4 Å². The van der Waals surface area contributed by atoms with Crippen LogP contribution in [0.4, 0.5) is 0 Å². The first kappa shape index (κ1) is 17.1. The summed E-state index contributed by atoms with van der Waals surface area (Å²) in [6.45, 7) is 3.41. The Balaban J connectivity index is 1.76. The summed E-state index contributed by atoms with van der Waals surface area (Å²) in [5.41, 5.74) is 0.431. The number of aromatic nitrogens is 4. The van der Waals surface area contributed by atoms with Crippen molar-refractivity contribution in [1.29, 1.82) is 0 Å². The lowest BCUT2D eigenvalue weighted by Gasteiger charge is -2.24. The number of ether oxygens (including phenoxy) is 3. The van der Waals surface area contributed by atoms with Gasteiger partial charge < -0.3 is 14.2 Å². The minimum absolute atomic E-state index is 0.223. The minimum atomic E-state index is -3.79. The second kappa shape index (κ2) is 5.56. The van der Waals surface area contributed by atoms with Crippen LogP contribution in [-0.4, -0.2) is 58.8 Å². The molecule has 0 aromatic carbocycles. The maximum Gasteiger partial charge on any atom is 0.264 e. The lowest BCUT2D eigenvalue weighted by atomic mass is 10.1. The topological polar surface area (TPSA) is 114 Å². The summed E-state index contributed by atoms with van der Waals surface area (Å²) in [4.78, 5) is 0. The fourth-order valence-corrected chi connectivity index (χ4v) is 3.71. The molecule has 0 amide bonds. The first-order chi connectivity index (χ1) is 11.6. The molecule has 2 aliphatic rings. The largest absolute Gasteiger partial charge is 0.339 e. The third-order valence-corrected chi connectivity index (χ3v) is 4.56. The van der Waals surface area contributed by atoms with E-state index < -0.39 is 40.5 Å². The molecule has 0 radical (unpaired) electrons. The molecule has 10 nitrogen and oxygen atoms in total. The normalized spacial score (nSPS) is 31.5. The van der Waals surface area contributed by atoms with E-state index in [0.717, 1.165) is 6.26 Å². The Bertz CT molecular complexity index is 932. The molecule has 2 aliphatic heterocycles. The Morgan fingerprint density at radius 1 is 1.28 bits per heavy atom. The zero-order chi connectivity index (χ0) is 18.0. The molecule has 2 aromatic rings.